The van der Waals surface area contributed by atoms with Gasteiger partial charge in [-0.05, 0) is 12.8 Å². The molecule has 152 valence electrons. The molecule has 0 aromatic carbocycles. The Kier molecular flexibility index (Phi) is 20.3. The van der Waals surface area contributed by atoms with Crippen molar-refractivity contribution in [2.75, 3.05) is 0 Å². The van der Waals surface area contributed by atoms with Crippen molar-refractivity contribution >= 4 is 49.7 Å². The van der Waals surface area contributed by atoms with Crippen molar-refractivity contribution in [3.05, 3.63) is 0 Å². The van der Waals surface area contributed by atoms with Crippen molar-refractivity contribution in [2.24, 2.45) is 5.41 Å². The van der Waals surface area contributed by atoms with E-state index in [4.69, 9.17) is 0 Å². The third-order valence-electron chi connectivity index (χ3n) is 5.23. The van der Waals surface area contributed by atoms with Crippen LogP contribution in [-0.4, -0.2) is 59.9 Å². The van der Waals surface area contributed by atoms with Crippen LogP contribution in [0.3, 0.4) is 0 Å². The van der Waals surface area contributed by atoms with Crippen molar-refractivity contribution in [2.45, 2.75) is 117 Å². The molecule has 5 heteroatoms. The van der Waals surface area contributed by atoms with E-state index >= 15 is 0 Å². The number of carbonyl (C=O) groups is 2. The van der Waals surface area contributed by atoms with Crippen molar-refractivity contribution < 1.29 is 22.7 Å². The molecule has 0 bridgehead atoms. The summed E-state index contributed by atoms with van der Waals surface area (Å²) < 4.78 is 0. The summed E-state index contributed by atoms with van der Waals surface area (Å²) in [7, 11) is 0. The topological polar surface area (TPSA) is 74.6 Å². The second-order valence-electron chi connectivity index (χ2n) is 7.44. The fourth-order valence-electron chi connectivity index (χ4n) is 3.41. The number of aliphatic carboxylic acids is 2. The second kappa shape index (κ2) is 18.6. The number of hydrogen-bond donors (Lipinski definition) is 2. The molecule has 0 fully saturated rings. The van der Waals surface area contributed by atoms with Crippen LogP contribution in [0.2, 0.25) is 0 Å². The standard InChI is InChI=1S/C21H40O4.Ca.2H/c1-3-5-7-9-11-13-15-17-21(19(22)23,20(24)25)18-16-14-12-10-8-6-4-2;;;/h3-18H2,1-2H3,(H,22,23)(H,24,25);;;/q;+2;2*-1. The third-order valence-corrected chi connectivity index (χ3v) is 5.23. The van der Waals surface area contributed by atoms with E-state index in [0.29, 0.717) is 12.8 Å². The summed E-state index contributed by atoms with van der Waals surface area (Å²) >= 11 is 0. The smallest absolute Gasteiger partial charge is 1.00 e. The molecule has 0 atom stereocenters. The first-order valence-corrected chi connectivity index (χ1v) is 10.5. The van der Waals surface area contributed by atoms with Crippen LogP contribution in [0.15, 0.2) is 0 Å². The summed E-state index contributed by atoms with van der Waals surface area (Å²) in [4.78, 5) is 23.4. The molecule has 0 rings (SSSR count). The molecule has 0 spiro atoms. The molecule has 0 aliphatic carbocycles. The van der Waals surface area contributed by atoms with Gasteiger partial charge in [0.25, 0.3) is 0 Å². The fourth-order valence-corrected chi connectivity index (χ4v) is 3.41. The minimum absolute atomic E-state index is 0. The van der Waals surface area contributed by atoms with Crippen molar-refractivity contribution in [3.63, 3.8) is 0 Å². The van der Waals surface area contributed by atoms with Crippen molar-refractivity contribution in [3.8, 4) is 0 Å². The molecule has 0 saturated heterocycles. The quantitative estimate of drug-likeness (QED) is 0.162. The first kappa shape index (κ1) is 28.4. The zero-order valence-electron chi connectivity index (χ0n) is 19.2. The Morgan fingerprint density at radius 2 is 0.885 bits per heavy atom. The van der Waals surface area contributed by atoms with Crippen LogP contribution in [0.1, 0.15) is 119 Å². The van der Waals surface area contributed by atoms with Gasteiger partial charge < -0.3 is 13.1 Å². The molecule has 0 aliphatic rings. The van der Waals surface area contributed by atoms with Gasteiger partial charge in [0.15, 0.2) is 5.41 Å². The summed E-state index contributed by atoms with van der Waals surface area (Å²) in [6.07, 6.45) is 15.6. The first-order chi connectivity index (χ1) is 12.0. The Morgan fingerprint density at radius 1 is 0.615 bits per heavy atom. The van der Waals surface area contributed by atoms with Crippen LogP contribution in [0.4, 0.5) is 0 Å². The van der Waals surface area contributed by atoms with Crippen LogP contribution in [0.25, 0.3) is 0 Å². The predicted molar refractivity (Wildman–Crippen MR) is 111 cm³/mol. The van der Waals surface area contributed by atoms with Gasteiger partial charge in [-0.25, -0.2) is 0 Å². The zero-order valence-corrected chi connectivity index (χ0v) is 19.4. The molecular weight excluding hydrogens is 356 g/mol. The molecular formula is C21H42CaO4. The SMILES string of the molecule is CCCCCCCCCC(CCCCCCCCC)(C(=O)O)C(=O)O.[Ca+2].[H-].[H-]. The largest absolute Gasteiger partial charge is 2.00 e. The average molecular weight is 399 g/mol. The van der Waals surface area contributed by atoms with Gasteiger partial charge in [-0.2, -0.15) is 0 Å². The number of hydrogen-bond acceptors (Lipinski definition) is 2. The van der Waals surface area contributed by atoms with Gasteiger partial charge >= 0.3 is 49.7 Å². The predicted octanol–water partition coefficient (Wildman–Crippen LogP) is 6.27. The van der Waals surface area contributed by atoms with E-state index in [1.54, 1.807) is 0 Å². The van der Waals surface area contributed by atoms with Gasteiger partial charge in [-0.3, -0.25) is 9.59 Å². The summed E-state index contributed by atoms with van der Waals surface area (Å²) in [6, 6.07) is 0. The molecule has 0 aliphatic heterocycles. The fraction of sp³-hybridized carbons (Fsp3) is 0.905. The van der Waals surface area contributed by atoms with E-state index in [1.807, 2.05) is 0 Å². The average Bonchev–Trinajstić information content (AvgIpc) is 2.57. The van der Waals surface area contributed by atoms with Crippen LogP contribution in [0, 0.1) is 5.41 Å². The molecule has 2 N–H and O–H groups in total. The number of carboxylic acid groups (broad SMARTS) is 2. The summed E-state index contributed by atoms with van der Waals surface area (Å²) in [5.74, 6) is -2.31. The van der Waals surface area contributed by atoms with Gasteiger partial charge in [0.1, 0.15) is 0 Å². The first-order valence-electron chi connectivity index (χ1n) is 10.5. The molecule has 0 unspecified atom stereocenters. The van der Waals surface area contributed by atoms with Gasteiger partial charge in [0.05, 0.1) is 0 Å². The van der Waals surface area contributed by atoms with Crippen molar-refractivity contribution in [1.82, 2.24) is 0 Å². The Hall–Kier alpha value is 0.200. The zero-order chi connectivity index (χ0) is 19.0. The van der Waals surface area contributed by atoms with E-state index < -0.39 is 17.4 Å². The molecule has 0 amide bonds. The van der Waals surface area contributed by atoms with Gasteiger partial charge in [0.2, 0.25) is 0 Å². The number of unbranched alkanes of at least 4 members (excludes halogenated alkanes) is 12. The number of rotatable bonds is 18. The summed E-state index contributed by atoms with van der Waals surface area (Å²) in [5.41, 5.74) is -1.58. The molecule has 4 nitrogen and oxygen atoms in total. The molecule has 0 saturated carbocycles. The van der Waals surface area contributed by atoms with Gasteiger partial charge in [0, 0.05) is 0 Å². The summed E-state index contributed by atoms with van der Waals surface area (Å²) in [5, 5.41) is 19.1. The second-order valence-corrected chi connectivity index (χ2v) is 7.44. The molecule has 0 radical (unpaired) electrons. The van der Waals surface area contributed by atoms with Crippen LogP contribution < -0.4 is 0 Å². The Morgan fingerprint density at radius 3 is 1.15 bits per heavy atom. The molecule has 0 aromatic heterocycles. The minimum Gasteiger partial charge on any atom is -1.00 e. The van der Waals surface area contributed by atoms with Crippen LogP contribution in [0.5, 0.6) is 0 Å². The maximum atomic E-state index is 11.7. The minimum atomic E-state index is -1.58. The van der Waals surface area contributed by atoms with E-state index in [1.165, 1.54) is 51.4 Å². The number of carboxylic acids is 2. The van der Waals surface area contributed by atoms with E-state index in [-0.39, 0.29) is 53.4 Å². The third kappa shape index (κ3) is 12.6. The normalized spacial score (nSPS) is 11.2. The van der Waals surface area contributed by atoms with E-state index in [9.17, 15) is 19.8 Å². The monoisotopic (exact) mass is 398 g/mol. The Balaban J connectivity index is -0.000000960. The maximum Gasteiger partial charge on any atom is 2.00 e. The van der Waals surface area contributed by atoms with E-state index in [0.717, 1.165) is 25.7 Å². The maximum absolute atomic E-state index is 11.7. The van der Waals surface area contributed by atoms with Crippen LogP contribution in [-0.2, 0) is 9.59 Å². The Bertz CT molecular complexity index is 334. The van der Waals surface area contributed by atoms with Gasteiger partial charge in [-0.15, -0.1) is 0 Å². The van der Waals surface area contributed by atoms with Gasteiger partial charge in [-0.1, -0.05) is 104 Å². The molecule has 26 heavy (non-hydrogen) atoms. The summed E-state index contributed by atoms with van der Waals surface area (Å²) in [6.45, 7) is 4.36. The molecule has 0 aromatic rings. The Labute approximate surface area is 193 Å². The van der Waals surface area contributed by atoms with Crippen molar-refractivity contribution in [1.29, 1.82) is 0 Å². The molecule has 0 heterocycles. The van der Waals surface area contributed by atoms with E-state index in [2.05, 4.69) is 13.8 Å². The van der Waals surface area contributed by atoms with Crippen LogP contribution >= 0.6 is 0 Å².